The van der Waals surface area contributed by atoms with Crippen molar-refractivity contribution in [3.05, 3.63) is 0 Å². The van der Waals surface area contributed by atoms with E-state index in [-0.39, 0.29) is 23.8 Å². The third kappa shape index (κ3) is 4.45. The Morgan fingerprint density at radius 1 is 1.35 bits per heavy atom. The molecule has 20 heavy (non-hydrogen) atoms. The van der Waals surface area contributed by atoms with Gasteiger partial charge in [0.2, 0.25) is 5.91 Å². The molecule has 2 atom stereocenters. The van der Waals surface area contributed by atoms with Crippen molar-refractivity contribution in [3.63, 3.8) is 0 Å². The minimum Gasteiger partial charge on any atom is -0.352 e. The smallest absolute Gasteiger partial charge is 0.222 e. The van der Waals surface area contributed by atoms with Gasteiger partial charge in [-0.1, -0.05) is 13.8 Å². The van der Waals surface area contributed by atoms with Crippen molar-refractivity contribution >= 4 is 15.7 Å². The molecule has 116 valence electrons. The topological polar surface area (TPSA) is 66.5 Å². The third-order valence-electron chi connectivity index (χ3n) is 4.22. The number of hydrogen-bond donors (Lipinski definition) is 1. The second-order valence-electron chi connectivity index (χ2n) is 6.53. The number of carbonyl (C=O) groups is 1. The van der Waals surface area contributed by atoms with Gasteiger partial charge in [0, 0.05) is 25.0 Å². The van der Waals surface area contributed by atoms with Crippen molar-refractivity contribution in [2.24, 2.45) is 11.8 Å². The van der Waals surface area contributed by atoms with Crippen LogP contribution in [0.2, 0.25) is 0 Å². The monoisotopic (exact) mass is 302 g/mol. The zero-order valence-corrected chi connectivity index (χ0v) is 13.3. The second-order valence-corrected chi connectivity index (χ2v) is 8.76. The van der Waals surface area contributed by atoms with Crippen LogP contribution in [-0.4, -0.2) is 56.4 Å². The lowest BCUT2D eigenvalue weighted by atomic mass is 10.0. The van der Waals surface area contributed by atoms with Crippen molar-refractivity contribution in [1.82, 2.24) is 10.2 Å². The summed E-state index contributed by atoms with van der Waals surface area (Å²) in [5.41, 5.74) is 0. The summed E-state index contributed by atoms with van der Waals surface area (Å²) in [5.74, 6) is 1.09. The summed E-state index contributed by atoms with van der Waals surface area (Å²) in [6, 6.07) is 0.219. The fourth-order valence-electron chi connectivity index (χ4n) is 3.09. The standard InChI is InChI=1S/C14H26N2O3S/c1-11(2)14(17)15-13-4-3-6-16(9-13)8-12-5-7-20(18,19)10-12/h11-13H,3-10H2,1-2H3,(H,15,17). The highest BCUT2D eigenvalue weighted by Gasteiger charge is 2.31. The van der Waals surface area contributed by atoms with Crippen LogP contribution in [0.1, 0.15) is 33.1 Å². The Morgan fingerprint density at radius 2 is 2.10 bits per heavy atom. The normalized spacial score (nSPS) is 30.6. The molecule has 1 N–H and O–H groups in total. The van der Waals surface area contributed by atoms with Crippen molar-refractivity contribution in [2.75, 3.05) is 31.1 Å². The van der Waals surface area contributed by atoms with Crippen LogP contribution in [0.25, 0.3) is 0 Å². The predicted molar refractivity (Wildman–Crippen MR) is 79.2 cm³/mol. The van der Waals surface area contributed by atoms with E-state index in [1.807, 2.05) is 13.8 Å². The third-order valence-corrected chi connectivity index (χ3v) is 6.06. The number of likely N-dealkylation sites (tertiary alicyclic amines) is 1. The lowest BCUT2D eigenvalue weighted by Crippen LogP contribution is -2.49. The molecule has 0 radical (unpaired) electrons. The lowest BCUT2D eigenvalue weighted by molar-refractivity contribution is -0.125. The summed E-state index contributed by atoms with van der Waals surface area (Å²) in [5, 5.41) is 3.09. The first-order chi connectivity index (χ1) is 9.35. The van der Waals surface area contributed by atoms with E-state index < -0.39 is 9.84 Å². The van der Waals surface area contributed by atoms with Crippen LogP contribution in [0.15, 0.2) is 0 Å². The zero-order valence-electron chi connectivity index (χ0n) is 12.5. The maximum Gasteiger partial charge on any atom is 0.222 e. The van der Waals surface area contributed by atoms with Gasteiger partial charge in [0.15, 0.2) is 9.84 Å². The molecular formula is C14H26N2O3S. The van der Waals surface area contributed by atoms with Gasteiger partial charge in [-0.05, 0) is 31.7 Å². The Balaban J connectivity index is 1.80. The number of nitrogens with zero attached hydrogens (tertiary/aromatic N) is 1. The predicted octanol–water partition coefficient (Wildman–Crippen LogP) is 0.658. The summed E-state index contributed by atoms with van der Waals surface area (Å²) < 4.78 is 23.0. The minimum absolute atomic E-state index is 0.0188. The molecule has 2 heterocycles. The van der Waals surface area contributed by atoms with Crippen LogP contribution in [0.3, 0.4) is 0 Å². The van der Waals surface area contributed by atoms with Gasteiger partial charge >= 0.3 is 0 Å². The quantitative estimate of drug-likeness (QED) is 0.828. The van der Waals surface area contributed by atoms with Crippen molar-refractivity contribution < 1.29 is 13.2 Å². The number of amides is 1. The number of rotatable bonds is 4. The molecular weight excluding hydrogens is 276 g/mol. The first kappa shape index (κ1) is 15.8. The fourth-order valence-corrected chi connectivity index (χ4v) is 4.94. The molecule has 5 nitrogen and oxygen atoms in total. The molecule has 0 saturated carbocycles. The van der Waals surface area contributed by atoms with E-state index in [4.69, 9.17) is 0 Å². The number of nitrogens with one attached hydrogen (secondary N) is 1. The molecule has 2 rings (SSSR count). The fraction of sp³-hybridized carbons (Fsp3) is 0.929. The molecule has 2 saturated heterocycles. The van der Waals surface area contributed by atoms with Gasteiger partial charge in [-0.15, -0.1) is 0 Å². The Hall–Kier alpha value is -0.620. The maximum absolute atomic E-state index is 11.7. The molecule has 6 heteroatoms. The van der Waals surface area contributed by atoms with E-state index in [9.17, 15) is 13.2 Å². The SMILES string of the molecule is CC(C)C(=O)NC1CCCN(CC2CCS(=O)(=O)C2)C1. The molecule has 1 amide bonds. The summed E-state index contributed by atoms with van der Waals surface area (Å²) in [6.07, 6.45) is 2.89. The van der Waals surface area contributed by atoms with Gasteiger partial charge in [-0.25, -0.2) is 8.42 Å². The Kier molecular flexibility index (Phi) is 5.07. The average Bonchev–Trinajstić information content (AvgIpc) is 2.69. The van der Waals surface area contributed by atoms with Gasteiger partial charge in [-0.2, -0.15) is 0 Å². The van der Waals surface area contributed by atoms with Crippen LogP contribution in [0, 0.1) is 11.8 Å². The second kappa shape index (κ2) is 6.43. The molecule has 0 spiro atoms. The first-order valence-corrected chi connectivity index (χ1v) is 9.41. The summed E-state index contributed by atoms with van der Waals surface area (Å²) in [4.78, 5) is 14.1. The van der Waals surface area contributed by atoms with E-state index in [2.05, 4.69) is 10.2 Å². The number of sulfone groups is 1. The summed E-state index contributed by atoms with van der Waals surface area (Å²) in [6.45, 7) is 6.53. The number of piperidine rings is 1. The minimum atomic E-state index is -2.79. The van der Waals surface area contributed by atoms with E-state index >= 15 is 0 Å². The van der Waals surface area contributed by atoms with Crippen LogP contribution < -0.4 is 5.32 Å². The van der Waals surface area contributed by atoms with Gasteiger partial charge in [0.25, 0.3) is 0 Å². The highest BCUT2D eigenvalue weighted by atomic mass is 32.2. The molecule has 0 aromatic carbocycles. The molecule has 2 aliphatic rings. The Morgan fingerprint density at radius 3 is 2.70 bits per heavy atom. The van der Waals surface area contributed by atoms with E-state index in [1.165, 1.54) is 0 Å². The summed E-state index contributed by atoms with van der Waals surface area (Å²) in [7, 11) is -2.79. The van der Waals surface area contributed by atoms with Gasteiger partial charge < -0.3 is 10.2 Å². The van der Waals surface area contributed by atoms with Crippen molar-refractivity contribution in [3.8, 4) is 0 Å². The number of carbonyl (C=O) groups excluding carboxylic acids is 1. The largest absolute Gasteiger partial charge is 0.352 e. The maximum atomic E-state index is 11.7. The van der Waals surface area contributed by atoms with Crippen molar-refractivity contribution in [2.45, 2.75) is 39.2 Å². The van der Waals surface area contributed by atoms with Crippen LogP contribution >= 0.6 is 0 Å². The Bertz CT molecular complexity index is 447. The van der Waals surface area contributed by atoms with E-state index in [0.29, 0.717) is 11.5 Å². The zero-order chi connectivity index (χ0) is 14.8. The average molecular weight is 302 g/mol. The van der Waals surface area contributed by atoms with Crippen LogP contribution in [0.4, 0.5) is 0 Å². The van der Waals surface area contributed by atoms with E-state index in [0.717, 1.165) is 38.9 Å². The van der Waals surface area contributed by atoms with Gasteiger partial charge in [-0.3, -0.25) is 4.79 Å². The molecule has 2 aliphatic heterocycles. The molecule has 0 aromatic rings. The highest BCUT2D eigenvalue weighted by molar-refractivity contribution is 7.91. The molecule has 2 fully saturated rings. The molecule has 2 unspecified atom stereocenters. The Labute approximate surface area is 122 Å². The molecule has 0 aromatic heterocycles. The van der Waals surface area contributed by atoms with Gasteiger partial charge in [0.1, 0.15) is 0 Å². The first-order valence-electron chi connectivity index (χ1n) is 7.59. The number of hydrogen-bond acceptors (Lipinski definition) is 4. The lowest BCUT2D eigenvalue weighted by Gasteiger charge is -2.34. The van der Waals surface area contributed by atoms with E-state index in [1.54, 1.807) is 0 Å². The summed E-state index contributed by atoms with van der Waals surface area (Å²) >= 11 is 0. The van der Waals surface area contributed by atoms with Crippen molar-refractivity contribution in [1.29, 1.82) is 0 Å². The molecule has 0 bridgehead atoms. The van der Waals surface area contributed by atoms with Crippen LogP contribution in [0.5, 0.6) is 0 Å². The van der Waals surface area contributed by atoms with Gasteiger partial charge in [0.05, 0.1) is 11.5 Å². The molecule has 0 aliphatic carbocycles. The van der Waals surface area contributed by atoms with Crippen LogP contribution in [-0.2, 0) is 14.6 Å². The highest BCUT2D eigenvalue weighted by Crippen LogP contribution is 2.21.